The van der Waals surface area contributed by atoms with Crippen molar-refractivity contribution in [2.24, 2.45) is 0 Å². The summed E-state index contributed by atoms with van der Waals surface area (Å²) < 4.78 is 32.5. The van der Waals surface area contributed by atoms with Crippen LogP contribution in [0.1, 0.15) is 60.8 Å². The lowest BCUT2D eigenvalue weighted by Crippen LogP contribution is -2.52. The molecule has 1 N–H and O–H groups in total. The number of ether oxygens (including phenoxy) is 1. The molecule has 3 aromatic carbocycles. The van der Waals surface area contributed by atoms with Crippen LogP contribution in [0.15, 0.2) is 72.8 Å². The molecule has 0 aliphatic heterocycles. The summed E-state index contributed by atoms with van der Waals surface area (Å²) in [5.41, 5.74) is 4.22. The van der Waals surface area contributed by atoms with Gasteiger partial charge < -0.3 is 15.0 Å². The van der Waals surface area contributed by atoms with Crippen LogP contribution in [-0.2, 0) is 32.6 Å². The van der Waals surface area contributed by atoms with Gasteiger partial charge in [0.15, 0.2) is 0 Å². The van der Waals surface area contributed by atoms with Crippen molar-refractivity contribution in [2.75, 3.05) is 24.2 Å². The normalized spacial score (nSPS) is 14.2. The van der Waals surface area contributed by atoms with Gasteiger partial charge in [-0.1, -0.05) is 67.4 Å². The first-order chi connectivity index (χ1) is 21.0. The maximum absolute atomic E-state index is 14.1. The van der Waals surface area contributed by atoms with Crippen LogP contribution in [0, 0.1) is 13.8 Å². The summed E-state index contributed by atoms with van der Waals surface area (Å²) in [4.78, 5) is 29.7. The molecule has 44 heavy (non-hydrogen) atoms. The minimum absolute atomic E-state index is 0.0862. The standard InChI is InChI=1S/C35H45N3O5S/c1-26-19-20-27(2)32(22-26)38(44(4,41)42)21-11-18-34(39)37(25-29-14-10-17-31(23-29)43-3)33(24-28-12-6-5-7-13-28)35(40)36-30-15-8-9-16-30/h5-7,10,12-14,17,19-20,22-23,30,33H,8-9,11,15-16,18,21,24-25H2,1-4H3,(H,36,40)/t33-/m1/s1. The zero-order valence-corrected chi connectivity index (χ0v) is 27.1. The molecule has 0 saturated heterocycles. The second-order valence-electron chi connectivity index (χ2n) is 11.8. The summed E-state index contributed by atoms with van der Waals surface area (Å²) in [5.74, 6) is 0.303. The summed E-state index contributed by atoms with van der Waals surface area (Å²) in [6.45, 7) is 4.18. The topological polar surface area (TPSA) is 96.0 Å². The first-order valence-corrected chi connectivity index (χ1v) is 17.2. The van der Waals surface area contributed by atoms with Gasteiger partial charge in [-0.15, -0.1) is 0 Å². The number of rotatable bonds is 14. The molecule has 1 saturated carbocycles. The van der Waals surface area contributed by atoms with Crippen molar-refractivity contribution < 1.29 is 22.7 Å². The van der Waals surface area contributed by atoms with Crippen molar-refractivity contribution in [3.8, 4) is 5.75 Å². The minimum atomic E-state index is -3.59. The van der Waals surface area contributed by atoms with E-state index in [-0.39, 0.29) is 37.4 Å². The van der Waals surface area contributed by atoms with E-state index in [2.05, 4.69) is 5.32 Å². The maximum atomic E-state index is 14.1. The molecule has 1 aliphatic rings. The average molecular weight is 620 g/mol. The van der Waals surface area contributed by atoms with E-state index in [0.29, 0.717) is 24.3 Å². The van der Waals surface area contributed by atoms with Gasteiger partial charge in [-0.25, -0.2) is 8.42 Å². The van der Waals surface area contributed by atoms with Crippen LogP contribution in [0.25, 0.3) is 0 Å². The van der Waals surface area contributed by atoms with Crippen molar-refractivity contribution in [1.29, 1.82) is 0 Å². The third-order valence-electron chi connectivity index (χ3n) is 8.25. The number of sulfonamides is 1. The number of amides is 2. The Hall–Kier alpha value is -3.85. The molecular formula is C35H45N3O5S. The molecule has 236 valence electrons. The van der Waals surface area contributed by atoms with Gasteiger partial charge in [0.1, 0.15) is 11.8 Å². The Morgan fingerprint density at radius 3 is 2.34 bits per heavy atom. The molecule has 9 heteroatoms. The highest BCUT2D eigenvalue weighted by atomic mass is 32.2. The van der Waals surface area contributed by atoms with Gasteiger partial charge in [0.05, 0.1) is 19.1 Å². The van der Waals surface area contributed by atoms with E-state index in [1.54, 1.807) is 12.0 Å². The van der Waals surface area contributed by atoms with Crippen molar-refractivity contribution in [1.82, 2.24) is 10.2 Å². The number of hydrogen-bond acceptors (Lipinski definition) is 5. The van der Waals surface area contributed by atoms with Crippen LogP contribution in [0.5, 0.6) is 5.75 Å². The Morgan fingerprint density at radius 1 is 0.955 bits per heavy atom. The van der Waals surface area contributed by atoms with Gasteiger partial charge in [-0.05, 0) is 73.6 Å². The number of hydrogen-bond donors (Lipinski definition) is 1. The Morgan fingerprint density at radius 2 is 1.66 bits per heavy atom. The highest BCUT2D eigenvalue weighted by Crippen LogP contribution is 2.26. The molecule has 0 bridgehead atoms. The van der Waals surface area contributed by atoms with Gasteiger partial charge in [0, 0.05) is 32.0 Å². The Kier molecular flexibility index (Phi) is 11.4. The molecule has 0 aromatic heterocycles. The van der Waals surface area contributed by atoms with E-state index in [0.717, 1.165) is 47.9 Å². The second-order valence-corrected chi connectivity index (χ2v) is 13.7. The van der Waals surface area contributed by atoms with Crippen molar-refractivity contribution in [2.45, 2.75) is 77.4 Å². The third kappa shape index (κ3) is 9.08. The highest BCUT2D eigenvalue weighted by molar-refractivity contribution is 7.92. The summed E-state index contributed by atoms with van der Waals surface area (Å²) in [6.07, 6.45) is 5.98. The van der Waals surface area contributed by atoms with Gasteiger partial charge >= 0.3 is 0 Å². The molecule has 4 rings (SSSR count). The van der Waals surface area contributed by atoms with Crippen LogP contribution in [0.4, 0.5) is 5.69 Å². The monoisotopic (exact) mass is 619 g/mol. The number of aryl methyl sites for hydroxylation is 2. The first kappa shape index (κ1) is 33.1. The molecule has 1 atom stereocenters. The lowest BCUT2D eigenvalue weighted by molar-refractivity contribution is -0.141. The second kappa shape index (κ2) is 15.2. The number of anilines is 1. The molecule has 3 aromatic rings. The summed E-state index contributed by atoms with van der Waals surface area (Å²) >= 11 is 0. The van der Waals surface area contributed by atoms with Crippen LogP contribution < -0.4 is 14.4 Å². The highest BCUT2D eigenvalue weighted by Gasteiger charge is 2.32. The van der Waals surface area contributed by atoms with Gasteiger partial charge in [-0.3, -0.25) is 13.9 Å². The van der Waals surface area contributed by atoms with E-state index < -0.39 is 16.1 Å². The number of carbonyl (C=O) groups is 2. The third-order valence-corrected chi connectivity index (χ3v) is 9.43. The molecule has 1 fully saturated rings. The van der Waals surface area contributed by atoms with E-state index in [9.17, 15) is 18.0 Å². The molecule has 1 aliphatic carbocycles. The van der Waals surface area contributed by atoms with Crippen LogP contribution in [0.3, 0.4) is 0 Å². The Labute approximate surface area is 262 Å². The fourth-order valence-corrected chi connectivity index (χ4v) is 6.87. The summed E-state index contributed by atoms with van der Waals surface area (Å²) in [5, 5.41) is 3.23. The predicted octanol–water partition coefficient (Wildman–Crippen LogP) is 5.56. The van der Waals surface area contributed by atoms with E-state index in [4.69, 9.17) is 4.74 Å². The largest absolute Gasteiger partial charge is 0.497 e. The number of carbonyl (C=O) groups excluding carboxylic acids is 2. The smallest absolute Gasteiger partial charge is 0.243 e. The lowest BCUT2D eigenvalue weighted by atomic mass is 10.0. The molecule has 0 spiro atoms. The molecule has 0 radical (unpaired) electrons. The first-order valence-electron chi connectivity index (χ1n) is 15.4. The Balaban J connectivity index is 1.61. The SMILES string of the molecule is COc1cccc(CN(C(=O)CCCN(c2cc(C)ccc2C)S(C)(=O)=O)[C@H](Cc2ccccc2)C(=O)NC2CCCC2)c1. The summed E-state index contributed by atoms with van der Waals surface area (Å²) in [6, 6.07) is 22.3. The fourth-order valence-electron chi connectivity index (χ4n) is 5.86. The fraction of sp³-hybridized carbons (Fsp3) is 0.429. The number of nitrogens with one attached hydrogen (secondary N) is 1. The van der Waals surface area contributed by atoms with E-state index in [1.807, 2.05) is 86.6 Å². The van der Waals surface area contributed by atoms with Crippen molar-refractivity contribution in [3.63, 3.8) is 0 Å². The van der Waals surface area contributed by atoms with Gasteiger partial charge in [-0.2, -0.15) is 0 Å². The van der Waals surface area contributed by atoms with Crippen molar-refractivity contribution in [3.05, 3.63) is 95.1 Å². The average Bonchev–Trinajstić information content (AvgIpc) is 3.51. The van der Waals surface area contributed by atoms with E-state index >= 15 is 0 Å². The zero-order chi connectivity index (χ0) is 31.7. The van der Waals surface area contributed by atoms with Gasteiger partial charge in [0.2, 0.25) is 21.8 Å². The lowest BCUT2D eigenvalue weighted by Gasteiger charge is -2.33. The van der Waals surface area contributed by atoms with Crippen molar-refractivity contribution >= 4 is 27.5 Å². The molecular weight excluding hydrogens is 574 g/mol. The van der Waals surface area contributed by atoms with Crippen LogP contribution in [0.2, 0.25) is 0 Å². The quantitative estimate of drug-likeness (QED) is 0.255. The number of methoxy groups -OCH3 is 1. The zero-order valence-electron chi connectivity index (χ0n) is 26.3. The molecule has 8 nitrogen and oxygen atoms in total. The van der Waals surface area contributed by atoms with Crippen LogP contribution >= 0.6 is 0 Å². The molecule has 0 heterocycles. The van der Waals surface area contributed by atoms with E-state index in [1.165, 1.54) is 10.6 Å². The Bertz CT molecular complexity index is 1520. The number of benzene rings is 3. The predicted molar refractivity (Wildman–Crippen MR) is 175 cm³/mol. The summed E-state index contributed by atoms with van der Waals surface area (Å²) in [7, 11) is -1.99. The minimum Gasteiger partial charge on any atom is -0.497 e. The van der Waals surface area contributed by atoms with Crippen LogP contribution in [-0.4, -0.2) is 57.1 Å². The molecule has 0 unspecified atom stereocenters. The maximum Gasteiger partial charge on any atom is 0.243 e. The molecule has 2 amide bonds. The van der Waals surface area contributed by atoms with Gasteiger partial charge in [0.25, 0.3) is 0 Å². The number of nitrogens with zero attached hydrogens (tertiary/aromatic N) is 2.